The van der Waals surface area contributed by atoms with Crippen molar-refractivity contribution in [3.8, 4) is 0 Å². The summed E-state index contributed by atoms with van der Waals surface area (Å²) in [4.78, 5) is 35.5. The van der Waals surface area contributed by atoms with E-state index in [4.69, 9.17) is 0 Å². The number of benzene rings is 1. The Kier molecular flexibility index (Phi) is 5.32. The fourth-order valence-corrected chi connectivity index (χ4v) is 3.13. The third-order valence-electron chi connectivity index (χ3n) is 4.25. The quantitative estimate of drug-likeness (QED) is 0.621. The number of aliphatic carboxylic acids is 2. The molecule has 0 saturated heterocycles. The Morgan fingerprint density at radius 2 is 1.74 bits per heavy atom. The van der Waals surface area contributed by atoms with Crippen LogP contribution in [-0.4, -0.2) is 27.9 Å². The summed E-state index contributed by atoms with van der Waals surface area (Å²) in [6, 6.07) is 6.86. The first-order valence-corrected chi connectivity index (χ1v) is 7.69. The lowest BCUT2D eigenvalue weighted by Gasteiger charge is -2.14. The van der Waals surface area contributed by atoms with Gasteiger partial charge in [0.1, 0.15) is 0 Å². The van der Waals surface area contributed by atoms with Crippen molar-refractivity contribution in [3.05, 3.63) is 46.5 Å². The normalized spacial score (nSPS) is 16.0. The second-order valence-electron chi connectivity index (χ2n) is 5.95. The first-order chi connectivity index (χ1) is 10.9. The molecule has 0 heterocycles. The highest BCUT2D eigenvalue weighted by atomic mass is 16.4. The molecule has 0 bridgehead atoms. The molecule has 0 amide bonds. The molecule has 1 saturated carbocycles. The standard InChI is InChI=1S/C18H20O5/c1-11-5-4-8-13(9-11)15(19)10-14(17(20)21)16(18(22)23)12-6-2-3-7-12/h4-5,8-9,12H,2-3,6-7,10H2,1H3,(H,20,21)(H,22,23). The molecule has 0 radical (unpaired) electrons. The van der Waals surface area contributed by atoms with Crippen LogP contribution in [0.1, 0.15) is 48.0 Å². The van der Waals surface area contributed by atoms with E-state index >= 15 is 0 Å². The minimum atomic E-state index is -1.32. The minimum Gasteiger partial charge on any atom is -0.478 e. The Balaban J connectivity index is 2.36. The fraction of sp³-hybridized carbons (Fsp3) is 0.389. The Morgan fingerprint density at radius 3 is 2.26 bits per heavy atom. The van der Waals surface area contributed by atoms with Crippen LogP contribution in [0.25, 0.3) is 0 Å². The van der Waals surface area contributed by atoms with Gasteiger partial charge < -0.3 is 10.2 Å². The van der Waals surface area contributed by atoms with Gasteiger partial charge in [-0.25, -0.2) is 9.59 Å². The number of rotatable bonds is 6. The molecule has 2 rings (SSSR count). The van der Waals surface area contributed by atoms with Crippen molar-refractivity contribution in [1.29, 1.82) is 0 Å². The van der Waals surface area contributed by atoms with Crippen LogP contribution in [0.2, 0.25) is 0 Å². The minimum absolute atomic E-state index is 0.101. The van der Waals surface area contributed by atoms with E-state index in [9.17, 15) is 24.6 Å². The van der Waals surface area contributed by atoms with E-state index in [1.165, 1.54) is 0 Å². The van der Waals surface area contributed by atoms with Crippen molar-refractivity contribution in [3.63, 3.8) is 0 Å². The number of aryl methyl sites for hydroxylation is 1. The van der Waals surface area contributed by atoms with E-state index in [-0.39, 0.29) is 22.8 Å². The molecule has 0 aliphatic heterocycles. The predicted octanol–water partition coefficient (Wildman–Crippen LogP) is 3.22. The molecular formula is C18H20O5. The van der Waals surface area contributed by atoms with Gasteiger partial charge in [0.15, 0.2) is 5.78 Å². The number of carbonyl (C=O) groups is 3. The van der Waals surface area contributed by atoms with E-state index in [1.54, 1.807) is 18.2 Å². The van der Waals surface area contributed by atoms with E-state index in [2.05, 4.69) is 0 Å². The maximum atomic E-state index is 12.4. The Bertz CT molecular complexity index is 666. The summed E-state index contributed by atoms with van der Waals surface area (Å²) >= 11 is 0. The Hall–Kier alpha value is -2.43. The van der Waals surface area contributed by atoms with Crippen LogP contribution in [0, 0.1) is 12.8 Å². The van der Waals surface area contributed by atoms with Crippen LogP contribution in [-0.2, 0) is 9.59 Å². The van der Waals surface area contributed by atoms with Gasteiger partial charge in [-0.1, -0.05) is 36.6 Å². The Labute approximate surface area is 134 Å². The summed E-state index contributed by atoms with van der Waals surface area (Å²) in [6.07, 6.45) is 2.71. The second-order valence-corrected chi connectivity index (χ2v) is 5.95. The van der Waals surface area contributed by atoms with E-state index in [0.717, 1.165) is 18.4 Å². The molecule has 1 aromatic carbocycles. The average molecular weight is 316 g/mol. The lowest BCUT2D eigenvalue weighted by atomic mass is 9.89. The molecule has 2 N–H and O–H groups in total. The number of Topliss-reactive ketones (excluding diaryl/α,β-unsaturated/α-hetero) is 1. The molecule has 0 aromatic heterocycles. The summed E-state index contributed by atoms with van der Waals surface area (Å²) in [5.74, 6) is -3.20. The monoisotopic (exact) mass is 316 g/mol. The smallest absolute Gasteiger partial charge is 0.332 e. The molecule has 0 unspecified atom stereocenters. The van der Waals surface area contributed by atoms with E-state index < -0.39 is 18.4 Å². The third-order valence-corrected chi connectivity index (χ3v) is 4.25. The number of carboxylic acid groups (broad SMARTS) is 2. The molecule has 1 aliphatic rings. The molecular weight excluding hydrogens is 296 g/mol. The second kappa shape index (κ2) is 7.22. The van der Waals surface area contributed by atoms with Gasteiger partial charge in [0, 0.05) is 12.0 Å². The molecule has 0 atom stereocenters. The van der Waals surface area contributed by atoms with Crippen molar-refractivity contribution >= 4 is 17.7 Å². The molecule has 5 heteroatoms. The van der Waals surface area contributed by atoms with Gasteiger partial charge in [-0.15, -0.1) is 0 Å². The van der Waals surface area contributed by atoms with Crippen LogP contribution in [0.5, 0.6) is 0 Å². The fourth-order valence-electron chi connectivity index (χ4n) is 3.13. The van der Waals surface area contributed by atoms with Gasteiger partial charge in [-0.3, -0.25) is 4.79 Å². The number of ketones is 1. The van der Waals surface area contributed by atoms with Crippen molar-refractivity contribution in [2.45, 2.75) is 39.0 Å². The summed E-state index contributed by atoms with van der Waals surface area (Å²) in [5.41, 5.74) is 0.915. The summed E-state index contributed by atoms with van der Waals surface area (Å²) < 4.78 is 0. The highest BCUT2D eigenvalue weighted by molar-refractivity contribution is 6.07. The SMILES string of the molecule is Cc1cccc(C(=O)CC(C(=O)O)=C(C(=O)O)C2CCCC2)c1. The molecule has 0 spiro atoms. The van der Waals surface area contributed by atoms with Crippen molar-refractivity contribution in [2.24, 2.45) is 5.92 Å². The lowest BCUT2D eigenvalue weighted by molar-refractivity contribution is -0.136. The first-order valence-electron chi connectivity index (χ1n) is 7.69. The predicted molar refractivity (Wildman–Crippen MR) is 84.4 cm³/mol. The zero-order valence-electron chi connectivity index (χ0n) is 13.0. The molecule has 122 valence electrons. The lowest BCUT2D eigenvalue weighted by Crippen LogP contribution is -2.19. The number of carbonyl (C=O) groups excluding carboxylic acids is 1. The topological polar surface area (TPSA) is 91.7 Å². The van der Waals surface area contributed by atoms with Crippen LogP contribution >= 0.6 is 0 Å². The molecule has 1 fully saturated rings. The van der Waals surface area contributed by atoms with Crippen molar-refractivity contribution in [1.82, 2.24) is 0 Å². The first kappa shape index (κ1) is 16.9. The van der Waals surface area contributed by atoms with Crippen molar-refractivity contribution < 1.29 is 24.6 Å². The van der Waals surface area contributed by atoms with Crippen LogP contribution in [0.3, 0.4) is 0 Å². The average Bonchev–Trinajstić information content (AvgIpc) is 2.99. The molecule has 23 heavy (non-hydrogen) atoms. The van der Waals surface area contributed by atoms with Gasteiger partial charge in [0.25, 0.3) is 0 Å². The van der Waals surface area contributed by atoms with Gasteiger partial charge in [-0.2, -0.15) is 0 Å². The largest absolute Gasteiger partial charge is 0.478 e. The van der Waals surface area contributed by atoms with Crippen LogP contribution < -0.4 is 0 Å². The number of hydrogen-bond donors (Lipinski definition) is 2. The maximum absolute atomic E-state index is 12.4. The zero-order valence-corrected chi connectivity index (χ0v) is 13.0. The van der Waals surface area contributed by atoms with Crippen molar-refractivity contribution in [2.75, 3.05) is 0 Å². The summed E-state index contributed by atoms with van der Waals surface area (Å²) in [5, 5.41) is 18.9. The van der Waals surface area contributed by atoms with E-state index in [0.29, 0.717) is 18.4 Å². The highest BCUT2D eigenvalue weighted by Gasteiger charge is 2.31. The molecule has 1 aliphatic carbocycles. The van der Waals surface area contributed by atoms with Crippen LogP contribution in [0.15, 0.2) is 35.4 Å². The summed E-state index contributed by atoms with van der Waals surface area (Å²) in [7, 11) is 0. The molecule has 1 aromatic rings. The highest BCUT2D eigenvalue weighted by Crippen LogP contribution is 2.34. The van der Waals surface area contributed by atoms with Gasteiger partial charge in [0.2, 0.25) is 0 Å². The Morgan fingerprint density at radius 1 is 1.09 bits per heavy atom. The van der Waals surface area contributed by atoms with Gasteiger partial charge in [-0.05, 0) is 31.7 Å². The van der Waals surface area contributed by atoms with Gasteiger partial charge in [0.05, 0.1) is 11.1 Å². The van der Waals surface area contributed by atoms with E-state index in [1.807, 2.05) is 13.0 Å². The third kappa shape index (κ3) is 4.06. The number of hydrogen-bond acceptors (Lipinski definition) is 3. The van der Waals surface area contributed by atoms with Crippen LogP contribution in [0.4, 0.5) is 0 Å². The van der Waals surface area contributed by atoms with Gasteiger partial charge >= 0.3 is 11.9 Å². The number of carboxylic acids is 2. The summed E-state index contributed by atoms with van der Waals surface area (Å²) in [6.45, 7) is 1.84. The molecule has 5 nitrogen and oxygen atoms in total. The maximum Gasteiger partial charge on any atom is 0.332 e. The zero-order chi connectivity index (χ0) is 17.0.